The van der Waals surface area contributed by atoms with Crippen molar-refractivity contribution in [2.45, 2.75) is 24.7 Å². The molecule has 1 aliphatic carbocycles. The Hall–Kier alpha value is -1.35. The number of benzene rings is 1. The van der Waals surface area contributed by atoms with Crippen molar-refractivity contribution in [2.24, 2.45) is 0 Å². The van der Waals surface area contributed by atoms with Gasteiger partial charge in [0.1, 0.15) is 0 Å². The number of nitrogens with one attached hydrogen (secondary N) is 1. The van der Waals surface area contributed by atoms with Gasteiger partial charge in [0.2, 0.25) is 5.91 Å². The van der Waals surface area contributed by atoms with E-state index in [-0.39, 0.29) is 23.0 Å². The summed E-state index contributed by atoms with van der Waals surface area (Å²) >= 11 is 5.55. The molecular formula is C13H12ClNO2. The lowest BCUT2D eigenvalue weighted by molar-refractivity contribution is -0.123. The molecule has 1 N–H and O–H groups in total. The third-order valence-corrected chi connectivity index (χ3v) is 4.11. The number of alkyl halides is 1. The number of anilines is 1. The molecule has 1 fully saturated rings. The van der Waals surface area contributed by atoms with Crippen molar-refractivity contribution in [1.29, 1.82) is 0 Å². The summed E-state index contributed by atoms with van der Waals surface area (Å²) in [6, 6.07) is 5.36. The van der Waals surface area contributed by atoms with Crippen LogP contribution < -0.4 is 5.32 Å². The van der Waals surface area contributed by atoms with E-state index in [4.69, 9.17) is 11.6 Å². The normalized spacial score (nSPS) is 19.7. The predicted octanol–water partition coefficient (Wildman–Crippen LogP) is 2.48. The van der Waals surface area contributed by atoms with Crippen LogP contribution in [0.5, 0.6) is 0 Å². The van der Waals surface area contributed by atoms with Crippen LogP contribution in [0.25, 0.3) is 0 Å². The second-order valence-corrected chi connectivity index (χ2v) is 4.97. The minimum absolute atomic E-state index is 0.0207. The van der Waals surface area contributed by atoms with Crippen molar-refractivity contribution in [1.82, 2.24) is 0 Å². The number of Topliss-reactive ketones (excluding diaryl/α,β-unsaturated/α-hetero) is 1. The van der Waals surface area contributed by atoms with Crippen LogP contribution in [-0.2, 0) is 10.2 Å². The number of fused-ring (bicyclic) bond motifs is 2. The van der Waals surface area contributed by atoms with Crippen molar-refractivity contribution >= 4 is 29.0 Å². The number of ketones is 1. The number of hydrogen-bond donors (Lipinski definition) is 1. The fourth-order valence-corrected chi connectivity index (χ4v) is 2.85. The summed E-state index contributed by atoms with van der Waals surface area (Å²) in [4.78, 5) is 23.5. The Morgan fingerprint density at radius 3 is 2.76 bits per heavy atom. The number of halogens is 1. The Morgan fingerprint density at radius 2 is 2.18 bits per heavy atom. The van der Waals surface area contributed by atoms with E-state index in [0.29, 0.717) is 5.56 Å². The van der Waals surface area contributed by atoms with Gasteiger partial charge in [0, 0.05) is 11.3 Å². The Labute approximate surface area is 104 Å². The van der Waals surface area contributed by atoms with Gasteiger partial charge in [0.25, 0.3) is 0 Å². The number of hydrogen-bond acceptors (Lipinski definition) is 2. The summed E-state index contributed by atoms with van der Waals surface area (Å²) in [5.41, 5.74) is 2.06. The van der Waals surface area contributed by atoms with Crippen molar-refractivity contribution in [2.75, 3.05) is 11.2 Å². The monoisotopic (exact) mass is 249 g/mol. The molecule has 0 radical (unpaired) electrons. The van der Waals surface area contributed by atoms with Crippen molar-refractivity contribution in [3.05, 3.63) is 29.3 Å². The molecule has 1 aromatic carbocycles. The molecule has 0 unspecified atom stereocenters. The summed E-state index contributed by atoms with van der Waals surface area (Å²) in [5, 5.41) is 2.89. The molecule has 0 bridgehead atoms. The van der Waals surface area contributed by atoms with Gasteiger partial charge in [-0.2, -0.15) is 0 Å². The maximum atomic E-state index is 12.0. The highest BCUT2D eigenvalue weighted by molar-refractivity contribution is 6.30. The van der Waals surface area contributed by atoms with E-state index in [1.54, 1.807) is 12.1 Å². The predicted molar refractivity (Wildman–Crippen MR) is 65.7 cm³/mol. The van der Waals surface area contributed by atoms with E-state index in [2.05, 4.69) is 5.32 Å². The fraction of sp³-hybridized carbons (Fsp3) is 0.385. The Balaban J connectivity index is 2.09. The van der Waals surface area contributed by atoms with Gasteiger partial charge in [-0.3, -0.25) is 9.59 Å². The lowest BCUT2D eigenvalue weighted by atomic mass is 9.65. The highest BCUT2D eigenvalue weighted by Crippen LogP contribution is 2.51. The molecule has 88 valence electrons. The highest BCUT2D eigenvalue weighted by atomic mass is 35.5. The topological polar surface area (TPSA) is 46.2 Å². The first-order valence-electron chi connectivity index (χ1n) is 5.72. The average Bonchev–Trinajstić information content (AvgIpc) is 2.58. The van der Waals surface area contributed by atoms with Gasteiger partial charge < -0.3 is 5.32 Å². The molecule has 1 aliphatic heterocycles. The van der Waals surface area contributed by atoms with Gasteiger partial charge in [-0.05, 0) is 36.6 Å². The SMILES string of the molecule is O=C(CCl)c1ccc2c(c1)C1(CCC1)C(=O)N2. The molecule has 3 rings (SSSR count). The zero-order valence-corrected chi connectivity index (χ0v) is 10.0. The van der Waals surface area contributed by atoms with Gasteiger partial charge in [-0.15, -0.1) is 11.6 Å². The van der Waals surface area contributed by atoms with Gasteiger partial charge in [0.15, 0.2) is 5.78 Å². The third kappa shape index (κ3) is 1.35. The Kier molecular flexibility index (Phi) is 2.26. The molecule has 17 heavy (non-hydrogen) atoms. The van der Waals surface area contributed by atoms with E-state index in [1.165, 1.54) is 0 Å². The highest BCUT2D eigenvalue weighted by Gasteiger charge is 2.51. The lowest BCUT2D eigenvalue weighted by Crippen LogP contribution is -2.40. The largest absolute Gasteiger partial charge is 0.325 e. The molecule has 4 heteroatoms. The van der Waals surface area contributed by atoms with Crippen LogP contribution >= 0.6 is 11.6 Å². The average molecular weight is 250 g/mol. The third-order valence-electron chi connectivity index (χ3n) is 3.87. The molecule has 0 aromatic heterocycles. The van der Waals surface area contributed by atoms with E-state index >= 15 is 0 Å². The number of rotatable bonds is 2. The molecule has 1 spiro atoms. The molecule has 1 aromatic rings. The quantitative estimate of drug-likeness (QED) is 0.647. The maximum absolute atomic E-state index is 12.0. The Morgan fingerprint density at radius 1 is 1.41 bits per heavy atom. The second-order valence-electron chi connectivity index (χ2n) is 4.71. The summed E-state index contributed by atoms with van der Waals surface area (Å²) in [6.07, 6.45) is 2.83. The van der Waals surface area contributed by atoms with Gasteiger partial charge in [-0.1, -0.05) is 6.42 Å². The van der Waals surface area contributed by atoms with Gasteiger partial charge in [-0.25, -0.2) is 0 Å². The van der Waals surface area contributed by atoms with Crippen LogP contribution in [0.1, 0.15) is 35.2 Å². The summed E-state index contributed by atoms with van der Waals surface area (Å²) < 4.78 is 0. The van der Waals surface area contributed by atoms with Crippen LogP contribution in [0.4, 0.5) is 5.69 Å². The number of carbonyl (C=O) groups is 2. The van der Waals surface area contributed by atoms with Crippen LogP contribution in [0.2, 0.25) is 0 Å². The Bertz CT molecular complexity index is 520. The summed E-state index contributed by atoms with van der Waals surface area (Å²) in [5.74, 6) is -0.0369. The first kappa shape index (κ1) is 10.8. The number of amides is 1. The molecule has 0 saturated heterocycles. The molecule has 1 heterocycles. The van der Waals surface area contributed by atoms with Crippen molar-refractivity contribution in [3.63, 3.8) is 0 Å². The first-order chi connectivity index (χ1) is 8.17. The standard InChI is InChI=1S/C13H12ClNO2/c14-7-11(16)8-2-3-10-9(6-8)13(4-1-5-13)12(17)15-10/h2-3,6H,1,4-5,7H2,(H,15,17). The van der Waals surface area contributed by atoms with E-state index < -0.39 is 0 Å². The zero-order chi connectivity index (χ0) is 12.0. The van der Waals surface area contributed by atoms with Crippen LogP contribution in [0.15, 0.2) is 18.2 Å². The molecule has 1 amide bonds. The molecular weight excluding hydrogens is 238 g/mol. The smallest absolute Gasteiger partial charge is 0.235 e. The minimum atomic E-state index is -0.363. The minimum Gasteiger partial charge on any atom is -0.325 e. The molecule has 0 atom stereocenters. The first-order valence-corrected chi connectivity index (χ1v) is 6.26. The summed E-state index contributed by atoms with van der Waals surface area (Å²) in [7, 11) is 0. The van der Waals surface area contributed by atoms with E-state index in [9.17, 15) is 9.59 Å². The molecule has 3 nitrogen and oxygen atoms in total. The van der Waals surface area contributed by atoms with E-state index in [1.807, 2.05) is 6.07 Å². The second kappa shape index (κ2) is 3.57. The maximum Gasteiger partial charge on any atom is 0.235 e. The van der Waals surface area contributed by atoms with Crippen LogP contribution in [-0.4, -0.2) is 17.6 Å². The van der Waals surface area contributed by atoms with Gasteiger partial charge in [0.05, 0.1) is 11.3 Å². The molecule has 1 saturated carbocycles. The van der Waals surface area contributed by atoms with Crippen molar-refractivity contribution in [3.8, 4) is 0 Å². The van der Waals surface area contributed by atoms with Crippen molar-refractivity contribution < 1.29 is 9.59 Å². The number of carbonyl (C=O) groups excluding carboxylic acids is 2. The summed E-state index contributed by atoms with van der Waals surface area (Å²) in [6.45, 7) is 0. The lowest BCUT2D eigenvalue weighted by Gasteiger charge is -2.36. The molecule has 2 aliphatic rings. The zero-order valence-electron chi connectivity index (χ0n) is 9.25. The van der Waals surface area contributed by atoms with Crippen LogP contribution in [0.3, 0.4) is 0 Å². The van der Waals surface area contributed by atoms with E-state index in [0.717, 1.165) is 30.5 Å². The fourth-order valence-electron chi connectivity index (χ4n) is 2.69. The van der Waals surface area contributed by atoms with Crippen LogP contribution in [0, 0.1) is 0 Å². The van der Waals surface area contributed by atoms with Gasteiger partial charge >= 0.3 is 0 Å².